The third kappa shape index (κ3) is 8.33. The highest BCUT2D eigenvalue weighted by molar-refractivity contribution is 6.33. The first-order valence-electron chi connectivity index (χ1n) is 13.0. The van der Waals surface area contributed by atoms with E-state index in [1.165, 1.54) is 0 Å². The molecule has 1 fully saturated rings. The summed E-state index contributed by atoms with van der Waals surface area (Å²) in [6.45, 7) is 3.37. The Labute approximate surface area is 251 Å². The molecule has 7 nitrogen and oxygen atoms in total. The standard InChI is InChI=1S/C30H33Cl2N3O4.ClH/c1-18-5-10-23(31)22(15-18)21-9-12-25(30(38)34-26(17-28(36)37)19-6-7-19)33-29(21)20-8-11-24(32)27(16-20)39-14-4-13-35(2)3;/h5,8-12,15-16,19,26H,4,6-7,13-14,17H2,1-3H3,(H,34,38)(H,36,37);1H. The molecule has 1 aliphatic rings. The summed E-state index contributed by atoms with van der Waals surface area (Å²) in [5, 5.41) is 13.2. The highest BCUT2D eigenvalue weighted by atomic mass is 35.5. The van der Waals surface area contributed by atoms with E-state index in [2.05, 4.69) is 10.2 Å². The predicted octanol–water partition coefficient (Wildman–Crippen LogP) is 6.77. The Kier molecular flexibility index (Phi) is 11.2. The van der Waals surface area contributed by atoms with Gasteiger partial charge in [-0.05, 0) is 82.6 Å². The maximum absolute atomic E-state index is 13.2. The third-order valence-corrected chi connectivity index (χ3v) is 7.30. The Morgan fingerprint density at radius 2 is 1.80 bits per heavy atom. The van der Waals surface area contributed by atoms with Gasteiger partial charge in [0.2, 0.25) is 0 Å². The lowest BCUT2D eigenvalue weighted by atomic mass is 9.97. The van der Waals surface area contributed by atoms with Crippen LogP contribution >= 0.6 is 35.6 Å². The molecule has 0 bridgehead atoms. The number of carbonyl (C=O) groups excluding carboxylic acids is 1. The number of hydrogen-bond donors (Lipinski definition) is 2. The third-order valence-electron chi connectivity index (χ3n) is 6.65. The van der Waals surface area contributed by atoms with Crippen LogP contribution in [0.3, 0.4) is 0 Å². The number of ether oxygens (including phenoxy) is 1. The maximum Gasteiger partial charge on any atom is 0.305 e. The van der Waals surface area contributed by atoms with E-state index in [1.54, 1.807) is 12.1 Å². The Balaban J connectivity index is 0.00000441. The number of halogens is 3. The summed E-state index contributed by atoms with van der Waals surface area (Å²) in [4.78, 5) is 31.4. The lowest BCUT2D eigenvalue weighted by molar-refractivity contribution is -0.137. The number of nitrogens with one attached hydrogen (secondary N) is 1. The number of hydrogen-bond acceptors (Lipinski definition) is 5. The SMILES string of the molecule is Cc1ccc(Cl)c(-c2ccc(C(=O)NC(CC(=O)O)C3CC3)nc2-c2ccc(Cl)c(OCCCN(C)C)c2)c1.Cl. The van der Waals surface area contributed by atoms with E-state index >= 15 is 0 Å². The molecule has 4 rings (SSSR count). The molecular formula is C30H34Cl3N3O4. The molecule has 2 N–H and O–H groups in total. The lowest BCUT2D eigenvalue weighted by Gasteiger charge is -2.18. The van der Waals surface area contributed by atoms with E-state index in [4.69, 9.17) is 32.9 Å². The summed E-state index contributed by atoms with van der Waals surface area (Å²) in [7, 11) is 4.02. The van der Waals surface area contributed by atoms with E-state index in [9.17, 15) is 14.7 Å². The van der Waals surface area contributed by atoms with Crippen LogP contribution < -0.4 is 10.1 Å². The number of rotatable bonds is 12. The molecule has 1 saturated carbocycles. The van der Waals surface area contributed by atoms with Crippen molar-refractivity contribution >= 4 is 47.5 Å². The lowest BCUT2D eigenvalue weighted by Crippen LogP contribution is -2.38. The monoisotopic (exact) mass is 605 g/mol. The van der Waals surface area contributed by atoms with Gasteiger partial charge >= 0.3 is 5.97 Å². The summed E-state index contributed by atoms with van der Waals surface area (Å²) < 4.78 is 5.99. The highest BCUT2D eigenvalue weighted by Gasteiger charge is 2.34. The van der Waals surface area contributed by atoms with Gasteiger partial charge in [0.1, 0.15) is 11.4 Å². The van der Waals surface area contributed by atoms with Crippen molar-refractivity contribution in [1.29, 1.82) is 0 Å². The molecule has 0 radical (unpaired) electrons. The second-order valence-electron chi connectivity index (χ2n) is 10.2. The molecule has 1 unspecified atom stereocenters. The van der Waals surface area contributed by atoms with Crippen LogP contribution in [0.15, 0.2) is 48.5 Å². The van der Waals surface area contributed by atoms with Crippen molar-refractivity contribution in [2.45, 2.75) is 38.6 Å². The second kappa shape index (κ2) is 14.2. The van der Waals surface area contributed by atoms with Crippen LogP contribution in [0.2, 0.25) is 10.0 Å². The summed E-state index contributed by atoms with van der Waals surface area (Å²) in [5.41, 5.74) is 4.03. The van der Waals surface area contributed by atoms with Crippen molar-refractivity contribution in [1.82, 2.24) is 15.2 Å². The average molecular weight is 607 g/mol. The molecule has 3 aromatic rings. The van der Waals surface area contributed by atoms with Crippen LogP contribution in [-0.2, 0) is 4.79 Å². The van der Waals surface area contributed by atoms with Gasteiger partial charge in [0.05, 0.1) is 23.7 Å². The molecule has 10 heteroatoms. The summed E-state index contributed by atoms with van der Waals surface area (Å²) >= 11 is 13.1. The van der Waals surface area contributed by atoms with Crippen molar-refractivity contribution in [2.24, 2.45) is 5.92 Å². The number of aryl methyl sites for hydroxylation is 1. The smallest absolute Gasteiger partial charge is 0.305 e. The van der Waals surface area contributed by atoms with Gasteiger partial charge in [0.15, 0.2) is 0 Å². The number of carbonyl (C=O) groups is 2. The molecule has 214 valence electrons. The van der Waals surface area contributed by atoms with E-state index in [0.717, 1.165) is 42.5 Å². The van der Waals surface area contributed by atoms with Gasteiger partial charge < -0.3 is 20.1 Å². The number of aromatic nitrogens is 1. The second-order valence-corrected chi connectivity index (χ2v) is 11.1. The minimum Gasteiger partial charge on any atom is -0.492 e. The van der Waals surface area contributed by atoms with Crippen LogP contribution in [0, 0.1) is 12.8 Å². The van der Waals surface area contributed by atoms with Gasteiger partial charge in [0, 0.05) is 34.3 Å². The fourth-order valence-corrected chi connectivity index (χ4v) is 4.85. The molecule has 0 saturated heterocycles. The Morgan fingerprint density at radius 1 is 1.07 bits per heavy atom. The quantitative estimate of drug-likeness (QED) is 0.221. The predicted molar refractivity (Wildman–Crippen MR) is 162 cm³/mol. The van der Waals surface area contributed by atoms with Gasteiger partial charge in [-0.1, -0.05) is 40.9 Å². The normalized spacial score (nSPS) is 13.4. The van der Waals surface area contributed by atoms with Gasteiger partial charge in [-0.2, -0.15) is 0 Å². The fraction of sp³-hybridized carbons (Fsp3) is 0.367. The van der Waals surface area contributed by atoms with Crippen LogP contribution in [-0.4, -0.2) is 60.2 Å². The molecule has 0 spiro atoms. The molecule has 1 amide bonds. The number of carboxylic acid groups (broad SMARTS) is 1. The number of benzene rings is 2. The Hall–Kier alpha value is -2.84. The Morgan fingerprint density at radius 3 is 2.48 bits per heavy atom. The first kappa shape index (κ1) is 31.7. The molecule has 1 aromatic heterocycles. The maximum atomic E-state index is 13.2. The highest BCUT2D eigenvalue weighted by Crippen LogP contribution is 2.39. The largest absolute Gasteiger partial charge is 0.492 e. The van der Waals surface area contributed by atoms with Crippen LogP contribution in [0.4, 0.5) is 0 Å². The molecule has 1 aliphatic carbocycles. The van der Waals surface area contributed by atoms with E-state index < -0.39 is 17.9 Å². The van der Waals surface area contributed by atoms with Crippen LogP contribution in [0.25, 0.3) is 22.4 Å². The van der Waals surface area contributed by atoms with Crippen molar-refractivity contribution in [3.05, 3.63) is 69.8 Å². The minimum absolute atomic E-state index is 0. The van der Waals surface area contributed by atoms with Gasteiger partial charge in [-0.3, -0.25) is 9.59 Å². The molecular weight excluding hydrogens is 573 g/mol. The summed E-state index contributed by atoms with van der Waals surface area (Å²) in [6, 6.07) is 14.2. The van der Waals surface area contributed by atoms with E-state index in [1.807, 2.05) is 57.4 Å². The Bertz CT molecular complexity index is 1360. The minimum atomic E-state index is -0.940. The fourth-order valence-electron chi connectivity index (χ4n) is 4.46. The first-order valence-corrected chi connectivity index (χ1v) is 13.8. The van der Waals surface area contributed by atoms with Crippen molar-refractivity contribution < 1.29 is 19.4 Å². The summed E-state index contributed by atoms with van der Waals surface area (Å²) in [6.07, 6.45) is 2.53. The van der Waals surface area contributed by atoms with Crippen LogP contribution in [0.5, 0.6) is 5.75 Å². The number of nitrogens with zero attached hydrogens (tertiary/aromatic N) is 2. The topological polar surface area (TPSA) is 91.8 Å². The zero-order valence-electron chi connectivity index (χ0n) is 22.7. The van der Waals surface area contributed by atoms with E-state index in [-0.39, 0.29) is 30.4 Å². The average Bonchev–Trinajstić information content (AvgIpc) is 3.73. The number of carboxylic acids is 1. The van der Waals surface area contributed by atoms with E-state index in [0.29, 0.717) is 33.7 Å². The molecule has 1 heterocycles. The van der Waals surface area contributed by atoms with Crippen molar-refractivity contribution in [3.63, 3.8) is 0 Å². The molecule has 2 aromatic carbocycles. The molecule has 40 heavy (non-hydrogen) atoms. The number of pyridine rings is 1. The van der Waals surface area contributed by atoms with Crippen LogP contribution in [0.1, 0.15) is 41.7 Å². The molecule has 0 aliphatic heterocycles. The first-order chi connectivity index (χ1) is 18.6. The van der Waals surface area contributed by atoms with Gasteiger partial charge in [0.25, 0.3) is 5.91 Å². The molecule has 1 atom stereocenters. The zero-order chi connectivity index (χ0) is 28.1. The van der Waals surface area contributed by atoms with Crippen molar-refractivity contribution in [3.8, 4) is 28.1 Å². The zero-order valence-corrected chi connectivity index (χ0v) is 25.1. The number of aliphatic carboxylic acids is 1. The summed E-state index contributed by atoms with van der Waals surface area (Å²) in [5.74, 6) is -0.644. The van der Waals surface area contributed by atoms with Gasteiger partial charge in [-0.15, -0.1) is 12.4 Å². The van der Waals surface area contributed by atoms with Gasteiger partial charge in [-0.25, -0.2) is 4.98 Å². The van der Waals surface area contributed by atoms with Crippen molar-refractivity contribution in [2.75, 3.05) is 27.2 Å². The number of amides is 1.